The molecule has 2 aromatic carbocycles. The van der Waals surface area contributed by atoms with E-state index in [2.05, 4.69) is 14.7 Å². The maximum Gasteiger partial charge on any atom is 0.416 e. The van der Waals surface area contributed by atoms with Crippen LogP contribution in [0.1, 0.15) is 34.6 Å². The molecule has 14 heteroatoms. The molecule has 0 fully saturated rings. The van der Waals surface area contributed by atoms with Gasteiger partial charge >= 0.3 is 6.18 Å². The number of anilines is 1. The van der Waals surface area contributed by atoms with Gasteiger partial charge in [-0.05, 0) is 42.2 Å². The summed E-state index contributed by atoms with van der Waals surface area (Å²) < 4.78 is 110. The third-order valence-electron chi connectivity index (χ3n) is 5.77. The highest BCUT2D eigenvalue weighted by Crippen LogP contribution is 2.42. The Morgan fingerprint density at radius 3 is 2.35 bits per heavy atom. The zero-order valence-corrected chi connectivity index (χ0v) is 20.9. The molecule has 0 amide bonds. The van der Waals surface area contributed by atoms with Gasteiger partial charge in [-0.2, -0.15) is 13.2 Å². The number of hydrogen-bond donors (Lipinski definition) is 1. The maximum atomic E-state index is 13.4. The van der Waals surface area contributed by atoms with Crippen molar-refractivity contribution < 1.29 is 39.1 Å². The maximum absolute atomic E-state index is 13.4. The van der Waals surface area contributed by atoms with Crippen LogP contribution in [0.5, 0.6) is 5.75 Å². The summed E-state index contributed by atoms with van der Waals surface area (Å²) in [6, 6.07) is 7.30. The van der Waals surface area contributed by atoms with Gasteiger partial charge in [0.25, 0.3) is 10.0 Å². The van der Waals surface area contributed by atoms with E-state index in [-0.39, 0.29) is 40.9 Å². The quantitative estimate of drug-likeness (QED) is 0.436. The fourth-order valence-corrected chi connectivity index (χ4v) is 5.60. The van der Waals surface area contributed by atoms with Crippen LogP contribution in [-0.2, 0) is 32.5 Å². The number of ether oxygens (including phenoxy) is 1. The van der Waals surface area contributed by atoms with Crippen molar-refractivity contribution >= 4 is 25.8 Å². The van der Waals surface area contributed by atoms with Crippen LogP contribution in [0, 0.1) is 5.82 Å². The monoisotopic (exact) mass is 559 g/mol. The van der Waals surface area contributed by atoms with E-state index in [0.29, 0.717) is 17.5 Å². The first-order valence-corrected chi connectivity index (χ1v) is 14.4. The number of hydrogen-bond acceptors (Lipinski definition) is 7. The Bertz CT molecular complexity index is 1530. The van der Waals surface area contributed by atoms with Crippen LogP contribution in [-0.4, -0.2) is 45.4 Å². The number of aryl methyl sites for hydroxylation is 1. The van der Waals surface area contributed by atoms with Crippen LogP contribution in [0.3, 0.4) is 0 Å². The first kappa shape index (κ1) is 26.8. The number of sulfonamides is 1. The molecule has 0 unspecified atom stereocenters. The van der Waals surface area contributed by atoms with Crippen molar-refractivity contribution in [3.63, 3.8) is 0 Å². The molecule has 1 aliphatic rings. The lowest BCUT2D eigenvalue weighted by Crippen LogP contribution is -2.20. The van der Waals surface area contributed by atoms with Gasteiger partial charge in [0.15, 0.2) is 5.82 Å². The summed E-state index contributed by atoms with van der Waals surface area (Å²) in [5.74, 6) is -1.64. The highest BCUT2D eigenvalue weighted by molar-refractivity contribution is 7.92. The fourth-order valence-electron chi connectivity index (χ4n) is 4.04. The molecule has 198 valence electrons. The van der Waals surface area contributed by atoms with Crippen LogP contribution < -0.4 is 9.46 Å². The van der Waals surface area contributed by atoms with Crippen molar-refractivity contribution in [3.8, 4) is 5.75 Å². The number of nitrogens with one attached hydrogen (secondary N) is 1. The van der Waals surface area contributed by atoms with E-state index in [0.717, 1.165) is 30.8 Å². The van der Waals surface area contributed by atoms with E-state index in [9.17, 15) is 34.4 Å². The zero-order chi connectivity index (χ0) is 27.0. The highest BCUT2D eigenvalue weighted by atomic mass is 32.2. The van der Waals surface area contributed by atoms with Crippen molar-refractivity contribution in [1.82, 2.24) is 9.97 Å². The summed E-state index contributed by atoms with van der Waals surface area (Å²) in [5, 5.41) is 0. The Hall–Kier alpha value is -3.26. The molecule has 1 aromatic heterocycles. The van der Waals surface area contributed by atoms with Crippen molar-refractivity contribution in [1.29, 1.82) is 0 Å². The summed E-state index contributed by atoms with van der Waals surface area (Å²) in [7, 11) is -7.61. The minimum Gasteiger partial charge on any atom is -0.493 e. The largest absolute Gasteiger partial charge is 0.493 e. The molecule has 37 heavy (non-hydrogen) atoms. The molecule has 1 atom stereocenters. The standard InChI is InChI=1S/C23H21F4N3O5S2/c1-36(31,32)9-7-14-10-15(23(25,26)27)2-4-18(14)19-6-8-35-21-11-17(3-5-20(19)21)37(33,34)30-22-28-12-16(24)13-29-22/h2-5,10-13,19H,6-9H2,1H3,(H,28,29,30)/t19-/m0/s1. The molecule has 8 nitrogen and oxygen atoms in total. The van der Waals surface area contributed by atoms with E-state index in [1.807, 2.05) is 0 Å². The lowest BCUT2D eigenvalue weighted by molar-refractivity contribution is -0.137. The summed E-state index contributed by atoms with van der Waals surface area (Å²) >= 11 is 0. The SMILES string of the molecule is CS(=O)(=O)CCc1cc(C(F)(F)F)ccc1[C@@H]1CCOc2cc(S(=O)(=O)Nc3ncc(F)cn3)ccc21. The number of fused-ring (bicyclic) bond motifs is 1. The number of halogens is 4. The van der Waals surface area contributed by atoms with Gasteiger partial charge in [0.05, 0.1) is 35.2 Å². The number of benzene rings is 2. The second-order valence-electron chi connectivity index (χ2n) is 8.51. The van der Waals surface area contributed by atoms with Gasteiger partial charge in [0, 0.05) is 23.8 Å². The normalized spacial score (nSPS) is 16.1. The van der Waals surface area contributed by atoms with Gasteiger partial charge in [0.2, 0.25) is 5.95 Å². The van der Waals surface area contributed by atoms with Gasteiger partial charge < -0.3 is 4.74 Å². The molecule has 4 rings (SSSR count). The van der Waals surface area contributed by atoms with Crippen LogP contribution >= 0.6 is 0 Å². The van der Waals surface area contributed by atoms with Crippen molar-refractivity contribution in [2.45, 2.75) is 29.8 Å². The minimum absolute atomic E-state index is 0.112. The number of nitrogens with zero attached hydrogens (tertiary/aromatic N) is 2. The summed E-state index contributed by atoms with van der Waals surface area (Å²) in [4.78, 5) is 6.94. The van der Waals surface area contributed by atoms with Crippen molar-refractivity contribution in [3.05, 3.63) is 76.9 Å². The first-order chi connectivity index (χ1) is 17.2. The third kappa shape index (κ3) is 6.36. The summed E-state index contributed by atoms with van der Waals surface area (Å²) in [6.07, 6.45) is -1.71. The predicted octanol–water partition coefficient (Wildman–Crippen LogP) is 3.94. The summed E-state index contributed by atoms with van der Waals surface area (Å²) in [5.41, 5.74) is 0.408. The number of sulfone groups is 1. The topological polar surface area (TPSA) is 115 Å². The van der Waals surface area contributed by atoms with Crippen molar-refractivity contribution in [2.75, 3.05) is 23.3 Å². The fraction of sp³-hybridized carbons (Fsp3) is 0.304. The Labute approximate surface area is 210 Å². The molecule has 0 saturated heterocycles. The van der Waals surface area contributed by atoms with Gasteiger partial charge in [0.1, 0.15) is 15.6 Å². The molecule has 0 saturated carbocycles. The molecule has 0 bridgehead atoms. The van der Waals surface area contributed by atoms with Gasteiger partial charge in [-0.1, -0.05) is 12.1 Å². The van der Waals surface area contributed by atoms with E-state index >= 15 is 0 Å². The Kier molecular flexibility index (Phi) is 7.16. The van der Waals surface area contributed by atoms with E-state index in [4.69, 9.17) is 4.74 Å². The van der Waals surface area contributed by atoms with Crippen LogP contribution in [0.4, 0.5) is 23.5 Å². The second kappa shape index (κ2) is 9.89. The molecule has 1 N–H and O–H groups in total. The van der Waals surface area contributed by atoms with Crippen LogP contribution in [0.25, 0.3) is 0 Å². The van der Waals surface area contributed by atoms with E-state index in [1.54, 1.807) is 0 Å². The van der Waals surface area contributed by atoms with Crippen LogP contribution in [0.2, 0.25) is 0 Å². The lowest BCUT2D eigenvalue weighted by Gasteiger charge is -2.29. The number of rotatable bonds is 7. The third-order valence-corrected chi connectivity index (χ3v) is 8.04. The zero-order valence-electron chi connectivity index (χ0n) is 19.3. The molecule has 0 spiro atoms. The molecular formula is C23H21F4N3O5S2. The lowest BCUT2D eigenvalue weighted by atomic mass is 9.83. The smallest absolute Gasteiger partial charge is 0.416 e. The Morgan fingerprint density at radius 1 is 1.03 bits per heavy atom. The number of aromatic nitrogens is 2. The highest BCUT2D eigenvalue weighted by Gasteiger charge is 2.33. The number of alkyl halides is 3. The molecule has 0 aliphatic carbocycles. The van der Waals surface area contributed by atoms with E-state index in [1.165, 1.54) is 24.3 Å². The average Bonchev–Trinajstić information content (AvgIpc) is 2.82. The average molecular weight is 560 g/mol. The molecule has 3 aromatic rings. The predicted molar refractivity (Wildman–Crippen MR) is 126 cm³/mol. The minimum atomic E-state index is -4.60. The second-order valence-corrected chi connectivity index (χ2v) is 12.5. The molecular weight excluding hydrogens is 538 g/mol. The van der Waals surface area contributed by atoms with Crippen molar-refractivity contribution in [2.24, 2.45) is 0 Å². The first-order valence-electron chi connectivity index (χ1n) is 10.9. The van der Waals surface area contributed by atoms with Crippen LogP contribution in [0.15, 0.2) is 53.7 Å². The molecule has 2 heterocycles. The van der Waals surface area contributed by atoms with E-state index < -0.39 is 43.3 Å². The van der Waals surface area contributed by atoms with Gasteiger partial charge in [-0.3, -0.25) is 0 Å². The Balaban J connectivity index is 1.70. The summed E-state index contributed by atoms with van der Waals surface area (Å²) in [6.45, 7) is 0.155. The van der Waals surface area contributed by atoms with Gasteiger partial charge in [-0.25, -0.2) is 35.9 Å². The molecule has 0 radical (unpaired) electrons. The Morgan fingerprint density at radius 2 is 1.70 bits per heavy atom. The van der Waals surface area contributed by atoms with Gasteiger partial charge in [-0.15, -0.1) is 0 Å². The molecule has 1 aliphatic heterocycles.